The molecule has 5 nitrogen and oxygen atoms in total. The smallest absolute Gasteiger partial charge is 0.248 e. The van der Waals surface area contributed by atoms with Gasteiger partial charge in [-0.15, -0.1) is 0 Å². The molecule has 1 aliphatic heterocycles. The van der Waals surface area contributed by atoms with Gasteiger partial charge in [0.25, 0.3) is 0 Å². The molecule has 0 spiro atoms. The van der Waals surface area contributed by atoms with E-state index in [1.54, 1.807) is 18.2 Å². The number of nitrogens with one attached hydrogen (secondary N) is 1. The third-order valence-electron chi connectivity index (χ3n) is 2.98. The lowest BCUT2D eigenvalue weighted by Crippen LogP contribution is -2.35. The topological polar surface area (TPSA) is 78.9 Å². The van der Waals surface area contributed by atoms with Crippen molar-refractivity contribution >= 4 is 11.7 Å². The van der Waals surface area contributed by atoms with Crippen molar-refractivity contribution in [1.82, 2.24) is 5.32 Å². The molecule has 2 N–H and O–H groups in total. The lowest BCUT2D eigenvalue weighted by atomic mass is 10.0. The zero-order valence-corrected chi connectivity index (χ0v) is 11.6. The maximum Gasteiger partial charge on any atom is 0.248 e. The Balaban J connectivity index is 1.83. The number of allylic oxidation sites excluding steroid dienone is 7. The van der Waals surface area contributed by atoms with E-state index in [9.17, 15) is 14.7 Å². The Hall–Kier alpha value is -2.24. The maximum atomic E-state index is 11.8. The quantitative estimate of drug-likeness (QED) is 0.448. The molecule has 1 amide bonds. The Morgan fingerprint density at radius 1 is 1.24 bits per heavy atom. The summed E-state index contributed by atoms with van der Waals surface area (Å²) in [7, 11) is 0. The van der Waals surface area contributed by atoms with Crippen LogP contribution in [0.1, 0.15) is 6.92 Å². The second kappa shape index (κ2) is 6.97. The van der Waals surface area contributed by atoms with Crippen LogP contribution in [0.2, 0.25) is 0 Å². The van der Waals surface area contributed by atoms with Crippen molar-refractivity contribution in [3.05, 3.63) is 60.4 Å². The number of Topliss-reactive ketones (excluding diaryl/α,β-unsaturated/α-hetero) is 1. The zero-order chi connectivity index (χ0) is 15.2. The summed E-state index contributed by atoms with van der Waals surface area (Å²) in [6, 6.07) is 0. The molecule has 2 rings (SSSR count). The number of hydrogen-bond donors (Lipinski definition) is 2. The third-order valence-corrected chi connectivity index (χ3v) is 2.98. The fourth-order valence-corrected chi connectivity index (χ4v) is 1.88. The first-order chi connectivity index (χ1) is 10.1. The summed E-state index contributed by atoms with van der Waals surface area (Å²) in [5, 5.41) is 12.0. The van der Waals surface area contributed by atoms with E-state index < -0.39 is 24.2 Å². The lowest BCUT2D eigenvalue weighted by molar-refractivity contribution is -0.121. The van der Waals surface area contributed by atoms with Gasteiger partial charge in [0.15, 0.2) is 6.10 Å². The van der Waals surface area contributed by atoms with Crippen molar-refractivity contribution in [3.8, 4) is 0 Å². The van der Waals surface area contributed by atoms with E-state index in [2.05, 4.69) is 5.32 Å². The van der Waals surface area contributed by atoms with E-state index in [4.69, 9.17) is 4.74 Å². The lowest BCUT2D eigenvalue weighted by Gasteiger charge is -2.12. The highest BCUT2D eigenvalue weighted by atomic mass is 16.6. The zero-order valence-electron chi connectivity index (χ0n) is 11.6. The van der Waals surface area contributed by atoms with E-state index in [-0.39, 0.29) is 11.5 Å². The van der Waals surface area contributed by atoms with Gasteiger partial charge >= 0.3 is 0 Å². The summed E-state index contributed by atoms with van der Waals surface area (Å²) in [5.41, 5.74) is 0.0906. The molecule has 110 valence electrons. The van der Waals surface area contributed by atoms with Gasteiger partial charge in [0, 0.05) is 6.08 Å². The van der Waals surface area contributed by atoms with E-state index >= 15 is 0 Å². The summed E-state index contributed by atoms with van der Waals surface area (Å²) in [6.07, 6.45) is 13.3. The normalized spacial score (nSPS) is 28.6. The van der Waals surface area contributed by atoms with Crippen LogP contribution in [0.25, 0.3) is 0 Å². The monoisotopic (exact) mass is 287 g/mol. The van der Waals surface area contributed by atoms with Crippen LogP contribution >= 0.6 is 0 Å². The molecule has 3 atom stereocenters. The Morgan fingerprint density at radius 3 is 2.62 bits per heavy atom. The molecule has 2 aliphatic rings. The van der Waals surface area contributed by atoms with Gasteiger partial charge in [-0.05, 0) is 13.0 Å². The van der Waals surface area contributed by atoms with Crippen LogP contribution in [0.3, 0.4) is 0 Å². The van der Waals surface area contributed by atoms with Gasteiger partial charge in [-0.1, -0.05) is 42.5 Å². The van der Waals surface area contributed by atoms with Gasteiger partial charge in [-0.25, -0.2) is 0 Å². The van der Waals surface area contributed by atoms with Crippen LogP contribution in [0.4, 0.5) is 0 Å². The molecule has 0 aromatic carbocycles. The average molecular weight is 287 g/mol. The van der Waals surface area contributed by atoms with Crippen LogP contribution in [0, 0.1) is 0 Å². The summed E-state index contributed by atoms with van der Waals surface area (Å²) in [5.74, 6) is -0.722. The molecule has 1 fully saturated rings. The molecule has 5 heteroatoms. The van der Waals surface area contributed by atoms with Gasteiger partial charge in [0.2, 0.25) is 11.7 Å². The van der Waals surface area contributed by atoms with Crippen LogP contribution in [0.15, 0.2) is 60.4 Å². The Kier molecular flexibility index (Phi) is 5.03. The van der Waals surface area contributed by atoms with E-state index in [1.165, 1.54) is 12.2 Å². The van der Waals surface area contributed by atoms with Crippen molar-refractivity contribution in [1.29, 1.82) is 0 Å². The summed E-state index contributed by atoms with van der Waals surface area (Å²) >= 11 is 0. The van der Waals surface area contributed by atoms with Crippen molar-refractivity contribution in [2.24, 2.45) is 0 Å². The van der Waals surface area contributed by atoms with Crippen molar-refractivity contribution in [3.63, 3.8) is 0 Å². The summed E-state index contributed by atoms with van der Waals surface area (Å²) < 4.78 is 5.01. The first-order valence-corrected chi connectivity index (χ1v) is 6.66. The average Bonchev–Trinajstić information content (AvgIpc) is 3.24. The number of carbonyl (C=O) groups is 2. The number of hydrogen-bond acceptors (Lipinski definition) is 4. The number of fused-ring (bicyclic) bond motifs is 1. The number of amides is 1. The minimum Gasteiger partial charge on any atom is -0.386 e. The first-order valence-electron chi connectivity index (χ1n) is 6.66. The number of epoxide rings is 1. The fraction of sp³-hybridized carbons (Fsp3) is 0.250. The molecule has 0 radical (unpaired) electrons. The standard InChI is InChI=1S/C16H17NO4/c1-2-3-4-5-6-7-8-9-13(19)17-11-10-12(18)15-16(21-15)14(11)20/h2-10,12,15-16,18H,1H3,(H,17,19)/b3-2+,5-4+,7-6+,9-8+/t12-,15+,16-/m1/s1. The van der Waals surface area contributed by atoms with Crippen LogP contribution in [-0.2, 0) is 14.3 Å². The van der Waals surface area contributed by atoms with Gasteiger partial charge in [-0.3, -0.25) is 9.59 Å². The molecule has 0 aromatic rings. The van der Waals surface area contributed by atoms with Crippen LogP contribution in [0.5, 0.6) is 0 Å². The predicted molar refractivity (Wildman–Crippen MR) is 78.1 cm³/mol. The number of carbonyl (C=O) groups excluding carboxylic acids is 2. The Morgan fingerprint density at radius 2 is 1.90 bits per heavy atom. The molecule has 0 saturated carbocycles. The molecular formula is C16H17NO4. The molecule has 1 aliphatic carbocycles. The molecule has 0 unspecified atom stereocenters. The van der Waals surface area contributed by atoms with E-state index in [1.807, 2.05) is 31.2 Å². The summed E-state index contributed by atoms with van der Waals surface area (Å²) in [4.78, 5) is 23.4. The fourth-order valence-electron chi connectivity index (χ4n) is 1.88. The number of rotatable bonds is 5. The molecule has 1 heterocycles. The molecule has 0 aromatic heterocycles. The van der Waals surface area contributed by atoms with Crippen LogP contribution < -0.4 is 5.32 Å². The highest BCUT2D eigenvalue weighted by Crippen LogP contribution is 2.32. The molecule has 21 heavy (non-hydrogen) atoms. The number of aliphatic hydroxyl groups is 1. The number of aliphatic hydroxyl groups excluding tert-OH is 1. The Bertz CT molecular complexity index is 569. The number of ether oxygens (including phenoxy) is 1. The number of ketones is 1. The first kappa shape index (κ1) is 15.2. The SMILES string of the molecule is C/C=C/C=C/C=C/C=C/C(=O)NC1=C[C@@H](O)[C@@H]2O[C@@H]2C1=O. The minimum atomic E-state index is -0.844. The Labute approximate surface area is 123 Å². The molecule has 1 saturated heterocycles. The largest absolute Gasteiger partial charge is 0.386 e. The van der Waals surface area contributed by atoms with Gasteiger partial charge in [0.05, 0.1) is 5.70 Å². The second-order valence-corrected chi connectivity index (χ2v) is 4.60. The maximum absolute atomic E-state index is 11.8. The predicted octanol–water partition coefficient (Wildman–Crippen LogP) is 0.942. The van der Waals surface area contributed by atoms with Gasteiger partial charge in [-0.2, -0.15) is 0 Å². The van der Waals surface area contributed by atoms with Crippen molar-refractivity contribution < 1.29 is 19.4 Å². The van der Waals surface area contributed by atoms with E-state index in [0.717, 1.165) is 0 Å². The van der Waals surface area contributed by atoms with Crippen molar-refractivity contribution in [2.45, 2.75) is 25.2 Å². The molecular weight excluding hydrogens is 270 g/mol. The summed E-state index contributed by atoms with van der Waals surface area (Å²) in [6.45, 7) is 1.92. The van der Waals surface area contributed by atoms with Gasteiger partial charge in [0.1, 0.15) is 12.2 Å². The highest BCUT2D eigenvalue weighted by Gasteiger charge is 2.53. The van der Waals surface area contributed by atoms with Gasteiger partial charge < -0.3 is 15.2 Å². The third kappa shape index (κ3) is 4.11. The van der Waals surface area contributed by atoms with E-state index in [0.29, 0.717) is 0 Å². The highest BCUT2D eigenvalue weighted by molar-refractivity contribution is 6.06. The van der Waals surface area contributed by atoms with Crippen LogP contribution in [-0.4, -0.2) is 35.1 Å². The second-order valence-electron chi connectivity index (χ2n) is 4.60. The molecule has 0 bridgehead atoms. The van der Waals surface area contributed by atoms with Crippen molar-refractivity contribution in [2.75, 3.05) is 0 Å². The minimum absolute atomic E-state index is 0.0906.